The second-order valence-electron chi connectivity index (χ2n) is 8.23. The lowest BCUT2D eigenvalue weighted by Gasteiger charge is -2.26. The summed E-state index contributed by atoms with van der Waals surface area (Å²) >= 11 is 1.11. The first-order chi connectivity index (χ1) is 18.7. The monoisotopic (exact) mass is 576 g/mol. The summed E-state index contributed by atoms with van der Waals surface area (Å²) in [5.74, 6) is -3.40. The lowest BCUT2D eigenvalue weighted by molar-refractivity contribution is -0.119. The Bertz CT molecular complexity index is 1470. The predicted molar refractivity (Wildman–Crippen MR) is 141 cm³/mol. The molecular formula is C26H25FN2O8S2. The van der Waals surface area contributed by atoms with Crippen molar-refractivity contribution in [2.75, 3.05) is 44.8 Å². The highest BCUT2D eigenvalue weighted by atomic mass is 32.2. The van der Waals surface area contributed by atoms with Crippen LogP contribution in [0.3, 0.4) is 0 Å². The van der Waals surface area contributed by atoms with E-state index in [1.54, 1.807) is 12.3 Å². The van der Waals surface area contributed by atoms with Crippen LogP contribution in [0.5, 0.6) is 0 Å². The van der Waals surface area contributed by atoms with E-state index in [1.165, 1.54) is 0 Å². The molecule has 1 aromatic heterocycles. The van der Waals surface area contributed by atoms with Gasteiger partial charge in [-0.25, -0.2) is 22.4 Å². The van der Waals surface area contributed by atoms with Crippen LogP contribution < -0.4 is 5.32 Å². The van der Waals surface area contributed by atoms with E-state index in [9.17, 15) is 27.2 Å². The first kappa shape index (κ1) is 28.4. The number of sulfonamides is 1. The SMILES string of the molecule is CCOC(=O)c1c(-c2ccccc2)csc1NC(=O)COC(=O)c1ccc(F)c(S(=O)(=O)N2CCOCC2)c1. The minimum absolute atomic E-state index is 0.0547. The van der Waals surface area contributed by atoms with Crippen LogP contribution in [0.4, 0.5) is 9.39 Å². The Balaban J connectivity index is 1.46. The molecule has 1 N–H and O–H groups in total. The number of rotatable bonds is 9. The molecule has 0 aliphatic carbocycles. The van der Waals surface area contributed by atoms with Crippen LogP contribution in [0.15, 0.2) is 58.8 Å². The average molecular weight is 577 g/mol. The predicted octanol–water partition coefficient (Wildman–Crippen LogP) is 3.55. The zero-order chi connectivity index (χ0) is 28.0. The lowest BCUT2D eigenvalue weighted by atomic mass is 10.0. The zero-order valence-electron chi connectivity index (χ0n) is 20.8. The van der Waals surface area contributed by atoms with Gasteiger partial charge in [0.2, 0.25) is 10.0 Å². The van der Waals surface area contributed by atoms with Crippen molar-refractivity contribution in [2.24, 2.45) is 0 Å². The highest BCUT2D eigenvalue weighted by Crippen LogP contribution is 2.36. The van der Waals surface area contributed by atoms with E-state index >= 15 is 0 Å². The number of carbonyl (C=O) groups is 3. The Kier molecular flexibility index (Phi) is 9.07. The van der Waals surface area contributed by atoms with Crippen molar-refractivity contribution in [3.63, 3.8) is 0 Å². The van der Waals surface area contributed by atoms with Gasteiger partial charge in [0, 0.05) is 24.0 Å². The van der Waals surface area contributed by atoms with Crippen LogP contribution >= 0.6 is 11.3 Å². The Morgan fingerprint density at radius 1 is 1.05 bits per heavy atom. The number of morpholine rings is 1. The molecule has 206 valence electrons. The number of ether oxygens (including phenoxy) is 3. The van der Waals surface area contributed by atoms with Crippen molar-refractivity contribution in [3.8, 4) is 11.1 Å². The molecule has 0 unspecified atom stereocenters. The summed E-state index contributed by atoms with van der Waals surface area (Å²) in [6.45, 7) is 1.52. The van der Waals surface area contributed by atoms with Crippen LogP contribution in [0.2, 0.25) is 0 Å². The number of benzene rings is 2. The summed E-state index contributed by atoms with van der Waals surface area (Å²) in [5, 5.41) is 4.48. The van der Waals surface area contributed by atoms with Crippen molar-refractivity contribution in [1.82, 2.24) is 4.31 Å². The first-order valence-corrected chi connectivity index (χ1v) is 14.2. The number of hydrogen-bond acceptors (Lipinski definition) is 9. The van der Waals surface area contributed by atoms with Crippen molar-refractivity contribution in [2.45, 2.75) is 11.8 Å². The molecule has 1 aliphatic heterocycles. The number of esters is 2. The minimum atomic E-state index is -4.21. The normalized spacial score (nSPS) is 14.0. The summed E-state index contributed by atoms with van der Waals surface area (Å²) in [4.78, 5) is 37.2. The van der Waals surface area contributed by atoms with Gasteiger partial charge >= 0.3 is 11.9 Å². The van der Waals surface area contributed by atoms with Crippen LogP contribution in [0, 0.1) is 5.82 Å². The highest BCUT2D eigenvalue weighted by Gasteiger charge is 2.30. The van der Waals surface area contributed by atoms with E-state index in [-0.39, 0.29) is 49.0 Å². The number of thiophene rings is 1. The minimum Gasteiger partial charge on any atom is -0.462 e. The molecule has 0 radical (unpaired) electrons. The summed E-state index contributed by atoms with van der Waals surface area (Å²) in [7, 11) is -4.21. The van der Waals surface area contributed by atoms with Gasteiger partial charge in [0.25, 0.3) is 5.91 Å². The van der Waals surface area contributed by atoms with Crippen LogP contribution in [0.1, 0.15) is 27.6 Å². The van der Waals surface area contributed by atoms with Gasteiger partial charge in [-0.1, -0.05) is 30.3 Å². The summed E-state index contributed by atoms with van der Waals surface area (Å²) in [6, 6.07) is 11.9. The number of carbonyl (C=O) groups excluding carboxylic acids is 3. The van der Waals surface area contributed by atoms with Crippen molar-refractivity contribution in [1.29, 1.82) is 0 Å². The van der Waals surface area contributed by atoms with Crippen LogP contribution in [-0.4, -0.2) is 70.1 Å². The summed E-state index contributed by atoms with van der Waals surface area (Å²) in [6.07, 6.45) is 0. The molecule has 2 heterocycles. The second-order valence-corrected chi connectivity index (χ2v) is 11.0. The first-order valence-electron chi connectivity index (χ1n) is 11.9. The maximum Gasteiger partial charge on any atom is 0.341 e. The van der Waals surface area contributed by atoms with E-state index in [4.69, 9.17) is 14.2 Å². The molecule has 0 bridgehead atoms. The number of amides is 1. The van der Waals surface area contributed by atoms with Crippen LogP contribution in [-0.2, 0) is 29.0 Å². The molecule has 1 amide bonds. The van der Waals surface area contributed by atoms with Crippen molar-refractivity contribution < 1.29 is 41.4 Å². The van der Waals surface area contributed by atoms with E-state index in [0.717, 1.165) is 39.4 Å². The third kappa shape index (κ3) is 6.50. The fourth-order valence-electron chi connectivity index (χ4n) is 3.82. The van der Waals surface area contributed by atoms with Gasteiger partial charge in [0.05, 0.1) is 25.4 Å². The van der Waals surface area contributed by atoms with Gasteiger partial charge in [-0.2, -0.15) is 4.31 Å². The van der Waals surface area contributed by atoms with E-state index in [0.29, 0.717) is 5.56 Å². The lowest BCUT2D eigenvalue weighted by Crippen LogP contribution is -2.41. The van der Waals surface area contributed by atoms with E-state index in [2.05, 4.69) is 5.32 Å². The van der Waals surface area contributed by atoms with Gasteiger partial charge in [-0.3, -0.25) is 4.79 Å². The van der Waals surface area contributed by atoms with Gasteiger partial charge in [0.1, 0.15) is 21.3 Å². The number of halogens is 1. The molecule has 0 saturated carbocycles. The Morgan fingerprint density at radius 2 is 1.77 bits per heavy atom. The third-order valence-electron chi connectivity index (χ3n) is 5.70. The summed E-state index contributed by atoms with van der Waals surface area (Å²) < 4.78 is 56.6. The Labute approximate surface area is 228 Å². The van der Waals surface area contributed by atoms with E-state index < -0.39 is 45.2 Å². The van der Waals surface area contributed by atoms with Gasteiger partial charge in [-0.05, 0) is 30.7 Å². The summed E-state index contributed by atoms with van der Waals surface area (Å²) in [5.41, 5.74) is 1.25. The zero-order valence-corrected chi connectivity index (χ0v) is 22.5. The molecule has 4 rings (SSSR count). The standard InChI is InChI=1S/C26H25FN2O8S2/c1-2-36-26(32)23-19(17-6-4-3-5-7-17)16-38-24(23)28-22(30)15-37-25(31)18-8-9-20(27)21(14-18)39(33,34)29-10-12-35-13-11-29/h3-9,14,16H,2,10-13,15H2,1H3,(H,28,30). The molecule has 1 aliphatic rings. The molecule has 0 atom stereocenters. The maximum atomic E-state index is 14.4. The van der Waals surface area contributed by atoms with Crippen molar-refractivity contribution in [3.05, 3.63) is 70.9 Å². The highest BCUT2D eigenvalue weighted by molar-refractivity contribution is 7.89. The van der Waals surface area contributed by atoms with E-state index in [1.807, 2.05) is 30.3 Å². The number of nitrogens with one attached hydrogen (secondary N) is 1. The topological polar surface area (TPSA) is 128 Å². The molecule has 39 heavy (non-hydrogen) atoms. The third-order valence-corrected chi connectivity index (χ3v) is 8.51. The quantitative estimate of drug-likeness (QED) is 0.383. The maximum absolute atomic E-state index is 14.4. The molecule has 0 spiro atoms. The molecule has 1 fully saturated rings. The molecule has 13 heteroatoms. The van der Waals surface area contributed by atoms with Crippen LogP contribution in [0.25, 0.3) is 11.1 Å². The fourth-order valence-corrected chi connectivity index (χ4v) is 6.29. The van der Waals surface area contributed by atoms with Gasteiger partial charge in [-0.15, -0.1) is 11.3 Å². The number of hydrogen-bond donors (Lipinski definition) is 1. The Morgan fingerprint density at radius 3 is 2.46 bits per heavy atom. The fraction of sp³-hybridized carbons (Fsp3) is 0.269. The smallest absolute Gasteiger partial charge is 0.341 e. The second kappa shape index (κ2) is 12.5. The molecule has 1 saturated heterocycles. The molecule has 2 aromatic carbocycles. The Hall–Kier alpha value is -3.65. The van der Waals surface area contributed by atoms with Crippen molar-refractivity contribution >= 4 is 44.2 Å². The molecule has 3 aromatic rings. The molecule has 10 nitrogen and oxygen atoms in total. The number of anilines is 1. The van der Waals surface area contributed by atoms with Gasteiger partial charge < -0.3 is 19.5 Å². The van der Waals surface area contributed by atoms with Gasteiger partial charge in [0.15, 0.2) is 6.61 Å². The largest absolute Gasteiger partial charge is 0.462 e. The number of nitrogens with zero attached hydrogens (tertiary/aromatic N) is 1. The molecular weight excluding hydrogens is 551 g/mol. The average Bonchev–Trinajstić information content (AvgIpc) is 3.36.